The van der Waals surface area contributed by atoms with E-state index in [1.165, 1.54) is 77.0 Å². The van der Waals surface area contributed by atoms with Crippen LogP contribution in [-0.2, 0) is 0 Å². The average molecular weight is 371 g/mol. The van der Waals surface area contributed by atoms with Gasteiger partial charge >= 0.3 is 0 Å². The lowest BCUT2D eigenvalue weighted by atomic mass is 9.60. The highest BCUT2D eigenvalue weighted by Crippen LogP contribution is 2.59. The molecule has 5 atom stereocenters. The van der Waals surface area contributed by atoms with Crippen molar-refractivity contribution in [3.8, 4) is 0 Å². The number of hydrogen-bond donors (Lipinski definition) is 0. The molecule has 0 saturated heterocycles. The molecule has 0 amide bonds. The van der Waals surface area contributed by atoms with Crippen LogP contribution in [0.1, 0.15) is 112 Å². The third-order valence-electron chi connectivity index (χ3n) is 8.50. The molecular weight excluding hydrogens is 324 g/mol. The van der Waals surface area contributed by atoms with E-state index in [9.17, 15) is 0 Å². The topological polar surface area (TPSA) is 0 Å². The van der Waals surface area contributed by atoms with Gasteiger partial charge in [0.05, 0.1) is 0 Å². The van der Waals surface area contributed by atoms with Gasteiger partial charge in [-0.25, -0.2) is 0 Å². The van der Waals surface area contributed by atoms with Crippen LogP contribution in [-0.4, -0.2) is 0 Å². The first-order valence-corrected chi connectivity index (χ1v) is 12.3. The molecular formula is C27H46. The predicted octanol–water partition coefficient (Wildman–Crippen LogP) is 8.73. The summed E-state index contributed by atoms with van der Waals surface area (Å²) in [4.78, 5) is 0. The van der Waals surface area contributed by atoms with E-state index in [-0.39, 0.29) is 0 Å². The third-order valence-corrected chi connectivity index (χ3v) is 8.50. The van der Waals surface area contributed by atoms with Crippen molar-refractivity contribution in [2.45, 2.75) is 112 Å². The first kappa shape index (κ1) is 21.2. The molecule has 3 fully saturated rings. The highest BCUT2D eigenvalue weighted by atomic mass is 14.5. The maximum Gasteiger partial charge on any atom is -0.0143 e. The molecule has 0 aliphatic heterocycles. The molecule has 3 saturated carbocycles. The molecule has 3 aliphatic carbocycles. The SMILES string of the molecule is CC(C)CCCC(C)C1CCC2/C(=C/C=C3/CCCC(C)C3)CCCC21C. The van der Waals surface area contributed by atoms with Crippen LogP contribution in [0.25, 0.3) is 0 Å². The van der Waals surface area contributed by atoms with Crippen LogP contribution < -0.4 is 0 Å². The van der Waals surface area contributed by atoms with E-state index >= 15 is 0 Å². The van der Waals surface area contributed by atoms with Gasteiger partial charge in [-0.2, -0.15) is 0 Å². The molecule has 0 aromatic heterocycles. The highest BCUT2D eigenvalue weighted by molar-refractivity contribution is 5.25. The zero-order valence-corrected chi connectivity index (χ0v) is 19.0. The summed E-state index contributed by atoms with van der Waals surface area (Å²) < 4.78 is 0. The zero-order valence-electron chi connectivity index (χ0n) is 19.0. The Morgan fingerprint density at radius 3 is 2.56 bits per heavy atom. The van der Waals surface area contributed by atoms with Crippen molar-refractivity contribution in [2.75, 3.05) is 0 Å². The molecule has 0 heterocycles. The van der Waals surface area contributed by atoms with Crippen molar-refractivity contribution >= 4 is 0 Å². The average Bonchev–Trinajstić information content (AvgIpc) is 2.97. The molecule has 0 nitrogen and oxygen atoms in total. The van der Waals surface area contributed by atoms with Crippen molar-refractivity contribution in [3.63, 3.8) is 0 Å². The summed E-state index contributed by atoms with van der Waals surface area (Å²) in [6, 6.07) is 0. The Balaban J connectivity index is 1.66. The summed E-state index contributed by atoms with van der Waals surface area (Å²) in [7, 11) is 0. The third kappa shape index (κ3) is 5.10. The van der Waals surface area contributed by atoms with E-state index in [2.05, 4.69) is 46.8 Å². The zero-order chi connectivity index (χ0) is 19.4. The van der Waals surface area contributed by atoms with Crippen molar-refractivity contribution in [1.82, 2.24) is 0 Å². The van der Waals surface area contributed by atoms with E-state index in [1.54, 1.807) is 5.57 Å². The molecule has 3 aliphatic rings. The van der Waals surface area contributed by atoms with Crippen molar-refractivity contribution in [3.05, 3.63) is 23.3 Å². The number of rotatable bonds is 6. The van der Waals surface area contributed by atoms with Gasteiger partial charge in [-0.1, -0.05) is 83.6 Å². The minimum Gasteiger partial charge on any atom is -0.0700 e. The largest absolute Gasteiger partial charge is 0.0700 e. The highest BCUT2D eigenvalue weighted by Gasteiger charge is 2.50. The Labute approximate surface area is 170 Å². The van der Waals surface area contributed by atoms with Gasteiger partial charge in [0.2, 0.25) is 0 Å². The van der Waals surface area contributed by atoms with E-state index in [1.807, 2.05) is 5.57 Å². The van der Waals surface area contributed by atoms with Crippen LogP contribution in [0.15, 0.2) is 23.3 Å². The van der Waals surface area contributed by atoms with Crippen LogP contribution in [0.3, 0.4) is 0 Å². The van der Waals surface area contributed by atoms with E-state index in [4.69, 9.17) is 0 Å². The predicted molar refractivity (Wildman–Crippen MR) is 120 cm³/mol. The monoisotopic (exact) mass is 370 g/mol. The minimum atomic E-state index is 0.583. The fourth-order valence-corrected chi connectivity index (χ4v) is 6.97. The lowest BCUT2D eigenvalue weighted by molar-refractivity contribution is 0.0929. The summed E-state index contributed by atoms with van der Waals surface area (Å²) in [5.41, 5.74) is 4.12. The van der Waals surface area contributed by atoms with E-state index in [0.717, 1.165) is 29.6 Å². The lowest BCUT2D eigenvalue weighted by Gasteiger charge is -2.44. The molecule has 0 radical (unpaired) electrons. The molecule has 0 N–H and O–H groups in total. The Morgan fingerprint density at radius 2 is 1.81 bits per heavy atom. The van der Waals surface area contributed by atoms with Crippen LogP contribution >= 0.6 is 0 Å². The molecule has 154 valence electrons. The molecule has 0 aromatic carbocycles. The van der Waals surface area contributed by atoms with Gasteiger partial charge in [-0.15, -0.1) is 0 Å². The normalized spacial score (nSPS) is 38.5. The molecule has 27 heavy (non-hydrogen) atoms. The molecule has 3 rings (SSSR count). The standard InChI is InChI=1S/C27H46/c1-20(2)9-6-11-22(4)25-16-17-26-24(13-8-18-27(25,26)5)15-14-23-12-7-10-21(3)19-23/h14-15,20-22,25-26H,6-13,16-19H2,1-5H3/b23-14-,24-15+. The van der Waals surface area contributed by atoms with Crippen LogP contribution in [0.4, 0.5) is 0 Å². The molecule has 0 aromatic rings. The second-order valence-electron chi connectivity index (χ2n) is 11.2. The number of hydrogen-bond acceptors (Lipinski definition) is 0. The van der Waals surface area contributed by atoms with Crippen molar-refractivity contribution < 1.29 is 0 Å². The lowest BCUT2D eigenvalue weighted by Crippen LogP contribution is -2.36. The number of fused-ring (bicyclic) bond motifs is 1. The van der Waals surface area contributed by atoms with Gasteiger partial charge in [0.15, 0.2) is 0 Å². The fraction of sp³-hybridized carbons (Fsp3) is 0.852. The fourth-order valence-electron chi connectivity index (χ4n) is 6.97. The van der Waals surface area contributed by atoms with Gasteiger partial charge in [-0.05, 0) is 86.4 Å². The maximum absolute atomic E-state index is 2.66. The van der Waals surface area contributed by atoms with Gasteiger partial charge in [0.1, 0.15) is 0 Å². The summed E-state index contributed by atoms with van der Waals surface area (Å²) in [5.74, 6) is 4.52. The molecule has 5 unspecified atom stereocenters. The summed E-state index contributed by atoms with van der Waals surface area (Å²) in [5, 5.41) is 0. The summed E-state index contributed by atoms with van der Waals surface area (Å²) in [6.07, 6.45) is 22.2. The Morgan fingerprint density at radius 1 is 1.00 bits per heavy atom. The van der Waals surface area contributed by atoms with Gasteiger partial charge in [0, 0.05) is 0 Å². The number of allylic oxidation sites excluding steroid dienone is 4. The quantitative estimate of drug-likeness (QED) is 0.438. The Bertz CT molecular complexity index is 536. The van der Waals surface area contributed by atoms with Gasteiger partial charge in [0.25, 0.3) is 0 Å². The Kier molecular flexibility index (Phi) is 7.32. The van der Waals surface area contributed by atoms with Crippen LogP contribution in [0, 0.1) is 35.0 Å². The molecule has 0 spiro atoms. The van der Waals surface area contributed by atoms with Gasteiger partial charge in [-0.3, -0.25) is 0 Å². The van der Waals surface area contributed by atoms with E-state index in [0.29, 0.717) is 5.41 Å². The van der Waals surface area contributed by atoms with E-state index < -0.39 is 0 Å². The smallest absolute Gasteiger partial charge is 0.0143 e. The second kappa shape index (κ2) is 9.32. The van der Waals surface area contributed by atoms with Crippen molar-refractivity contribution in [2.24, 2.45) is 35.0 Å². The summed E-state index contributed by atoms with van der Waals surface area (Å²) >= 11 is 0. The first-order valence-electron chi connectivity index (χ1n) is 12.3. The second-order valence-corrected chi connectivity index (χ2v) is 11.2. The van der Waals surface area contributed by atoms with Crippen LogP contribution in [0.5, 0.6) is 0 Å². The van der Waals surface area contributed by atoms with Crippen LogP contribution in [0.2, 0.25) is 0 Å². The van der Waals surface area contributed by atoms with Gasteiger partial charge < -0.3 is 0 Å². The Hall–Kier alpha value is -0.520. The molecule has 0 bridgehead atoms. The first-order chi connectivity index (χ1) is 12.9. The summed E-state index contributed by atoms with van der Waals surface area (Å²) in [6.45, 7) is 12.4. The van der Waals surface area contributed by atoms with Crippen molar-refractivity contribution in [1.29, 1.82) is 0 Å². The maximum atomic E-state index is 2.66. The molecule has 0 heteroatoms. The minimum absolute atomic E-state index is 0.583.